The van der Waals surface area contributed by atoms with Crippen LogP contribution in [0.4, 0.5) is 16.2 Å². The second kappa shape index (κ2) is 5.93. The number of benzene rings is 1. The standard InChI is InChI=1S/C16H19N5O/c1-11(2)10-21-6-5-12-7-13(3-4-15(12)21)19-16(22)20-14-8-17-18-9-14/h3-9,11H,10H2,1-2H3,(H,17,18)(H2,19,20,22). The number of fused-ring (bicyclic) bond motifs is 1. The Labute approximate surface area is 128 Å². The lowest BCUT2D eigenvalue weighted by molar-refractivity contribution is 0.262. The van der Waals surface area contributed by atoms with E-state index in [2.05, 4.69) is 51.5 Å². The van der Waals surface area contributed by atoms with Crippen molar-refractivity contribution < 1.29 is 4.79 Å². The minimum absolute atomic E-state index is 0.289. The second-order valence-electron chi connectivity index (χ2n) is 5.70. The van der Waals surface area contributed by atoms with Gasteiger partial charge in [-0.05, 0) is 30.2 Å². The maximum absolute atomic E-state index is 11.9. The Bertz CT molecular complexity index is 773. The first kappa shape index (κ1) is 14.2. The van der Waals surface area contributed by atoms with Crippen LogP contribution < -0.4 is 10.6 Å². The summed E-state index contributed by atoms with van der Waals surface area (Å²) in [5, 5.41) is 13.1. The van der Waals surface area contributed by atoms with Crippen molar-refractivity contribution in [1.82, 2.24) is 14.8 Å². The lowest BCUT2D eigenvalue weighted by Gasteiger charge is -2.09. The number of urea groups is 1. The zero-order valence-electron chi connectivity index (χ0n) is 12.6. The first-order valence-corrected chi connectivity index (χ1v) is 7.27. The fraction of sp³-hybridized carbons (Fsp3) is 0.250. The Morgan fingerprint density at radius 3 is 2.82 bits per heavy atom. The van der Waals surface area contributed by atoms with Crippen molar-refractivity contribution in [2.24, 2.45) is 5.92 Å². The monoisotopic (exact) mass is 297 g/mol. The molecule has 2 aromatic heterocycles. The average Bonchev–Trinajstić information content (AvgIpc) is 3.08. The molecule has 0 atom stereocenters. The Hall–Kier alpha value is -2.76. The summed E-state index contributed by atoms with van der Waals surface area (Å²) in [6.45, 7) is 5.38. The van der Waals surface area contributed by atoms with Crippen LogP contribution in [0.25, 0.3) is 10.9 Å². The van der Waals surface area contributed by atoms with Crippen LogP contribution in [0.2, 0.25) is 0 Å². The Kier molecular flexibility index (Phi) is 3.82. The molecule has 3 rings (SSSR count). The number of hydrogen-bond acceptors (Lipinski definition) is 2. The highest BCUT2D eigenvalue weighted by molar-refractivity contribution is 6.00. The SMILES string of the molecule is CC(C)Cn1ccc2cc(NC(=O)Nc3cn[nH]c3)ccc21. The molecule has 0 unspecified atom stereocenters. The molecular formula is C16H19N5O. The van der Waals surface area contributed by atoms with Crippen LogP contribution in [0, 0.1) is 5.92 Å². The van der Waals surface area contributed by atoms with Gasteiger partial charge in [-0.2, -0.15) is 5.10 Å². The summed E-state index contributed by atoms with van der Waals surface area (Å²) >= 11 is 0. The fourth-order valence-corrected chi connectivity index (χ4v) is 2.44. The summed E-state index contributed by atoms with van der Waals surface area (Å²) in [6.07, 6.45) is 5.25. The molecular weight excluding hydrogens is 278 g/mol. The van der Waals surface area contributed by atoms with Crippen molar-refractivity contribution in [2.75, 3.05) is 10.6 Å². The maximum Gasteiger partial charge on any atom is 0.323 e. The van der Waals surface area contributed by atoms with E-state index in [-0.39, 0.29) is 6.03 Å². The molecule has 0 saturated heterocycles. The number of carbonyl (C=O) groups excluding carboxylic acids is 1. The number of anilines is 2. The number of aromatic amines is 1. The highest BCUT2D eigenvalue weighted by Crippen LogP contribution is 2.21. The number of rotatable bonds is 4. The number of hydrogen-bond donors (Lipinski definition) is 3. The minimum Gasteiger partial charge on any atom is -0.347 e. The van der Waals surface area contributed by atoms with Gasteiger partial charge in [0, 0.05) is 35.5 Å². The molecule has 0 spiro atoms. The van der Waals surface area contributed by atoms with E-state index in [9.17, 15) is 4.79 Å². The molecule has 0 radical (unpaired) electrons. The number of H-pyrrole nitrogens is 1. The van der Waals surface area contributed by atoms with E-state index in [1.165, 1.54) is 5.52 Å². The van der Waals surface area contributed by atoms with Gasteiger partial charge < -0.3 is 15.2 Å². The molecule has 3 N–H and O–H groups in total. The number of aromatic nitrogens is 3. The molecule has 0 fully saturated rings. The molecule has 6 heteroatoms. The Balaban J connectivity index is 1.73. The van der Waals surface area contributed by atoms with E-state index in [4.69, 9.17) is 0 Å². The van der Waals surface area contributed by atoms with Crippen LogP contribution in [0.15, 0.2) is 42.9 Å². The van der Waals surface area contributed by atoms with E-state index < -0.39 is 0 Å². The molecule has 0 aliphatic heterocycles. The van der Waals surface area contributed by atoms with Crippen molar-refractivity contribution in [3.05, 3.63) is 42.9 Å². The summed E-state index contributed by atoms with van der Waals surface area (Å²) in [6, 6.07) is 7.69. The molecule has 0 aliphatic carbocycles. The van der Waals surface area contributed by atoms with Gasteiger partial charge in [0.25, 0.3) is 0 Å². The predicted octanol–water partition coefficient (Wildman–Crippen LogP) is 3.66. The molecule has 0 saturated carbocycles. The maximum atomic E-state index is 11.9. The second-order valence-corrected chi connectivity index (χ2v) is 5.70. The van der Waals surface area contributed by atoms with Crippen LogP contribution in [0.1, 0.15) is 13.8 Å². The molecule has 114 valence electrons. The van der Waals surface area contributed by atoms with Gasteiger partial charge in [-0.3, -0.25) is 5.10 Å². The van der Waals surface area contributed by atoms with Crippen LogP contribution >= 0.6 is 0 Å². The Morgan fingerprint density at radius 1 is 1.27 bits per heavy atom. The van der Waals surface area contributed by atoms with Gasteiger partial charge in [-0.25, -0.2) is 4.79 Å². The summed E-state index contributed by atoms with van der Waals surface area (Å²) in [4.78, 5) is 11.9. The van der Waals surface area contributed by atoms with Gasteiger partial charge in [0.2, 0.25) is 0 Å². The number of nitrogens with one attached hydrogen (secondary N) is 3. The van der Waals surface area contributed by atoms with E-state index in [0.29, 0.717) is 11.6 Å². The third-order valence-corrected chi connectivity index (χ3v) is 3.35. The summed E-state index contributed by atoms with van der Waals surface area (Å²) < 4.78 is 2.23. The lowest BCUT2D eigenvalue weighted by atomic mass is 10.2. The zero-order chi connectivity index (χ0) is 15.5. The average molecular weight is 297 g/mol. The molecule has 3 aromatic rings. The Morgan fingerprint density at radius 2 is 2.09 bits per heavy atom. The highest BCUT2D eigenvalue weighted by atomic mass is 16.2. The van der Waals surface area contributed by atoms with Gasteiger partial charge in [0.1, 0.15) is 0 Å². The number of amides is 2. The van der Waals surface area contributed by atoms with E-state index in [1.807, 2.05) is 18.2 Å². The quantitative estimate of drug-likeness (QED) is 0.687. The van der Waals surface area contributed by atoms with Gasteiger partial charge in [-0.15, -0.1) is 0 Å². The van der Waals surface area contributed by atoms with Crippen LogP contribution in [0.3, 0.4) is 0 Å². The molecule has 0 aliphatic rings. The fourth-order valence-electron chi connectivity index (χ4n) is 2.44. The first-order valence-electron chi connectivity index (χ1n) is 7.27. The summed E-state index contributed by atoms with van der Waals surface area (Å²) in [5.74, 6) is 0.592. The van der Waals surface area contributed by atoms with Crippen molar-refractivity contribution in [3.8, 4) is 0 Å². The van der Waals surface area contributed by atoms with E-state index >= 15 is 0 Å². The van der Waals surface area contributed by atoms with Crippen LogP contribution in [-0.4, -0.2) is 20.8 Å². The minimum atomic E-state index is -0.289. The highest BCUT2D eigenvalue weighted by Gasteiger charge is 2.07. The number of nitrogens with zero attached hydrogens (tertiary/aromatic N) is 2. The van der Waals surface area contributed by atoms with E-state index in [0.717, 1.165) is 17.6 Å². The molecule has 2 heterocycles. The van der Waals surface area contributed by atoms with E-state index in [1.54, 1.807) is 12.4 Å². The normalized spacial score (nSPS) is 11.0. The molecule has 22 heavy (non-hydrogen) atoms. The third kappa shape index (κ3) is 3.11. The predicted molar refractivity (Wildman–Crippen MR) is 88.0 cm³/mol. The van der Waals surface area contributed by atoms with Gasteiger partial charge in [0.15, 0.2) is 0 Å². The van der Waals surface area contributed by atoms with Crippen LogP contribution in [0.5, 0.6) is 0 Å². The van der Waals surface area contributed by atoms with Crippen molar-refractivity contribution in [3.63, 3.8) is 0 Å². The first-order chi connectivity index (χ1) is 10.6. The van der Waals surface area contributed by atoms with Gasteiger partial charge >= 0.3 is 6.03 Å². The molecule has 6 nitrogen and oxygen atoms in total. The molecule has 1 aromatic carbocycles. The third-order valence-electron chi connectivity index (χ3n) is 3.35. The summed E-state index contributed by atoms with van der Waals surface area (Å²) in [7, 11) is 0. The zero-order valence-corrected chi connectivity index (χ0v) is 12.6. The van der Waals surface area contributed by atoms with Crippen molar-refractivity contribution in [1.29, 1.82) is 0 Å². The lowest BCUT2D eigenvalue weighted by Crippen LogP contribution is -2.18. The van der Waals surface area contributed by atoms with Crippen molar-refractivity contribution in [2.45, 2.75) is 20.4 Å². The smallest absolute Gasteiger partial charge is 0.323 e. The largest absolute Gasteiger partial charge is 0.347 e. The van der Waals surface area contributed by atoms with Gasteiger partial charge in [-0.1, -0.05) is 13.8 Å². The topological polar surface area (TPSA) is 74.7 Å². The summed E-state index contributed by atoms with van der Waals surface area (Å²) in [5.41, 5.74) is 2.56. The van der Waals surface area contributed by atoms with Crippen LogP contribution in [-0.2, 0) is 6.54 Å². The number of carbonyl (C=O) groups is 1. The molecule has 2 amide bonds. The molecule has 0 bridgehead atoms. The van der Waals surface area contributed by atoms with Crippen molar-refractivity contribution >= 4 is 28.3 Å². The van der Waals surface area contributed by atoms with Gasteiger partial charge in [0.05, 0.1) is 11.9 Å².